The first-order chi connectivity index (χ1) is 21.2. The molecular weight excluding hydrogens is 692 g/mol. The number of aromatic nitrogens is 1. The summed E-state index contributed by atoms with van der Waals surface area (Å²) < 4.78 is 10.8. The molecule has 224 valence electrons. The third kappa shape index (κ3) is 5.57. The number of pyridine rings is 1. The monoisotopic (exact) mass is 718 g/mol. The Kier molecular flexibility index (Phi) is 8.39. The van der Waals surface area contributed by atoms with E-state index in [0.717, 1.165) is 0 Å². The van der Waals surface area contributed by atoms with Crippen LogP contribution in [0.2, 0.25) is 0 Å². The van der Waals surface area contributed by atoms with Crippen LogP contribution in [0.25, 0.3) is 22.2 Å². The predicted molar refractivity (Wildman–Crippen MR) is 174 cm³/mol. The molecule has 6 rings (SSSR count). The highest BCUT2D eigenvalue weighted by atomic mass is 79.9. The topological polar surface area (TPSA) is 103 Å². The van der Waals surface area contributed by atoms with Gasteiger partial charge in [0.15, 0.2) is 6.10 Å². The number of carbonyl (C=O) groups is 4. The van der Waals surface area contributed by atoms with Crippen molar-refractivity contribution in [2.45, 2.75) is 35.5 Å². The first-order valence-corrected chi connectivity index (χ1v) is 16.0. The molecule has 0 radical (unpaired) electrons. The van der Waals surface area contributed by atoms with Crippen LogP contribution in [0.4, 0.5) is 5.69 Å². The van der Waals surface area contributed by atoms with Crippen LogP contribution in [-0.4, -0.2) is 51.4 Å². The van der Waals surface area contributed by atoms with Gasteiger partial charge in [-0.2, -0.15) is 0 Å². The van der Waals surface area contributed by atoms with Gasteiger partial charge < -0.3 is 9.47 Å². The van der Waals surface area contributed by atoms with Crippen LogP contribution in [0.3, 0.4) is 0 Å². The van der Waals surface area contributed by atoms with Crippen LogP contribution < -0.4 is 9.64 Å². The molecular formula is C34H28Br2N2O6. The number of hydrogen-bond donors (Lipinski definition) is 0. The molecule has 0 spiro atoms. The summed E-state index contributed by atoms with van der Waals surface area (Å²) in [6.45, 7) is 1.54. The molecule has 2 fully saturated rings. The summed E-state index contributed by atoms with van der Waals surface area (Å²) in [4.78, 5) is 59.2. The van der Waals surface area contributed by atoms with Gasteiger partial charge in [-0.25, -0.2) is 9.78 Å². The van der Waals surface area contributed by atoms with Crippen LogP contribution in [0.5, 0.6) is 5.75 Å². The SMILES string of the molecule is COc1ccc(C(=O)C(C)OC(=O)c2cc(-c3ccc(N4C(=O)C5CC(Br)C(Br)CC5C4=O)cc3)nc3ccccc23)cc1. The number of ketones is 1. The second-order valence-corrected chi connectivity index (χ2v) is 13.3. The molecule has 2 heterocycles. The van der Waals surface area contributed by atoms with Gasteiger partial charge >= 0.3 is 5.97 Å². The highest BCUT2D eigenvalue weighted by Gasteiger charge is 2.52. The lowest BCUT2D eigenvalue weighted by Crippen LogP contribution is -2.34. The maximum atomic E-state index is 13.4. The molecule has 1 aliphatic carbocycles. The van der Waals surface area contributed by atoms with Gasteiger partial charge in [0.25, 0.3) is 0 Å². The van der Waals surface area contributed by atoms with Crippen molar-refractivity contribution < 1.29 is 28.7 Å². The number of amides is 2. The zero-order valence-corrected chi connectivity index (χ0v) is 27.1. The first kappa shape index (κ1) is 30.1. The van der Waals surface area contributed by atoms with Crippen molar-refractivity contribution >= 4 is 72.0 Å². The first-order valence-electron chi connectivity index (χ1n) is 14.2. The van der Waals surface area contributed by atoms with Crippen molar-refractivity contribution in [3.8, 4) is 17.0 Å². The largest absolute Gasteiger partial charge is 0.497 e. The van der Waals surface area contributed by atoms with E-state index in [1.165, 1.54) is 4.90 Å². The van der Waals surface area contributed by atoms with Gasteiger partial charge in [0.1, 0.15) is 5.75 Å². The Morgan fingerprint density at radius 1 is 0.886 bits per heavy atom. The fourth-order valence-electron chi connectivity index (χ4n) is 5.89. The fraction of sp³-hybridized carbons (Fsp3) is 0.265. The minimum Gasteiger partial charge on any atom is -0.497 e. The average molecular weight is 720 g/mol. The molecule has 0 N–H and O–H groups in total. The molecule has 5 atom stereocenters. The standard InChI is InChI=1S/C34H28Br2N2O6/c1-18(31(39)20-9-13-22(43-2)14-10-20)44-34(42)26-17-30(37-29-6-4-3-5-23(26)29)19-7-11-21(12-8-19)38-32(40)24-15-27(35)28(36)16-25(24)33(38)41/h3-14,17-18,24-25,27-28H,15-16H2,1-2H3. The van der Waals surface area contributed by atoms with E-state index in [-0.39, 0.29) is 44.7 Å². The maximum absolute atomic E-state index is 13.4. The molecule has 4 aromatic rings. The molecule has 10 heteroatoms. The van der Waals surface area contributed by atoms with Gasteiger partial charge in [-0.05, 0) is 68.3 Å². The highest BCUT2D eigenvalue weighted by Crippen LogP contribution is 2.44. The van der Waals surface area contributed by atoms with Crippen LogP contribution >= 0.6 is 31.9 Å². The minimum absolute atomic E-state index is 0.131. The Balaban J connectivity index is 1.26. The van der Waals surface area contributed by atoms with Crippen molar-refractivity contribution in [2.24, 2.45) is 11.8 Å². The van der Waals surface area contributed by atoms with Crippen LogP contribution in [-0.2, 0) is 14.3 Å². The molecule has 1 aliphatic heterocycles. The van der Waals surface area contributed by atoms with E-state index >= 15 is 0 Å². The molecule has 1 aromatic heterocycles. The number of nitrogens with zero attached hydrogens (tertiary/aromatic N) is 2. The summed E-state index contributed by atoms with van der Waals surface area (Å²) in [6, 6.07) is 22.5. The van der Waals surface area contributed by atoms with E-state index in [1.807, 2.05) is 6.07 Å². The van der Waals surface area contributed by atoms with Crippen LogP contribution in [0.15, 0.2) is 78.9 Å². The second-order valence-electron chi connectivity index (χ2n) is 11.0. The van der Waals surface area contributed by atoms with Crippen LogP contribution in [0.1, 0.15) is 40.5 Å². The Hall–Kier alpha value is -3.89. The molecule has 44 heavy (non-hydrogen) atoms. The number of alkyl halides is 2. The van der Waals surface area contributed by atoms with E-state index < -0.39 is 12.1 Å². The lowest BCUT2D eigenvalue weighted by atomic mass is 9.81. The molecule has 1 saturated heterocycles. The molecule has 5 unspecified atom stereocenters. The summed E-state index contributed by atoms with van der Waals surface area (Å²) in [6.07, 6.45) is 0.179. The van der Waals surface area contributed by atoms with Crippen molar-refractivity contribution in [1.29, 1.82) is 0 Å². The van der Waals surface area contributed by atoms with Gasteiger partial charge in [0.2, 0.25) is 17.6 Å². The average Bonchev–Trinajstić information content (AvgIpc) is 3.28. The van der Waals surface area contributed by atoms with Gasteiger partial charge in [-0.1, -0.05) is 62.2 Å². The van der Waals surface area contributed by atoms with Gasteiger partial charge in [-0.3, -0.25) is 19.3 Å². The van der Waals surface area contributed by atoms with Crippen molar-refractivity contribution in [3.63, 3.8) is 0 Å². The number of ether oxygens (including phenoxy) is 2. The molecule has 1 saturated carbocycles. The number of para-hydroxylation sites is 1. The van der Waals surface area contributed by atoms with Gasteiger partial charge in [0.05, 0.1) is 41.4 Å². The number of fused-ring (bicyclic) bond motifs is 2. The number of benzene rings is 3. The third-order valence-electron chi connectivity index (χ3n) is 8.30. The quantitative estimate of drug-likeness (QED) is 0.0900. The molecule has 2 amide bonds. The second kappa shape index (κ2) is 12.2. The normalized spacial score (nSPS) is 22.0. The number of imide groups is 1. The predicted octanol–water partition coefficient (Wildman–Crippen LogP) is 6.77. The lowest BCUT2D eigenvalue weighted by Gasteiger charge is -2.29. The number of methoxy groups -OCH3 is 1. The molecule has 2 aliphatic rings. The summed E-state index contributed by atoms with van der Waals surface area (Å²) in [5.41, 5.74) is 2.95. The van der Waals surface area contributed by atoms with E-state index in [2.05, 4.69) is 31.9 Å². The lowest BCUT2D eigenvalue weighted by molar-refractivity contribution is -0.122. The van der Waals surface area contributed by atoms with Crippen LogP contribution in [0, 0.1) is 11.8 Å². The number of halogens is 2. The van der Waals surface area contributed by atoms with E-state index in [0.29, 0.717) is 52.0 Å². The van der Waals surface area contributed by atoms with Gasteiger partial charge in [-0.15, -0.1) is 0 Å². The van der Waals surface area contributed by atoms with E-state index in [9.17, 15) is 19.2 Å². The molecule has 8 nitrogen and oxygen atoms in total. The third-order valence-corrected chi connectivity index (χ3v) is 11.0. The Morgan fingerprint density at radius 3 is 2.11 bits per heavy atom. The number of anilines is 1. The number of esters is 1. The maximum Gasteiger partial charge on any atom is 0.339 e. The summed E-state index contributed by atoms with van der Waals surface area (Å²) >= 11 is 7.26. The number of Topliss-reactive ketones (excluding diaryl/α,β-unsaturated/α-hetero) is 1. The molecule has 0 bridgehead atoms. The summed E-state index contributed by atoms with van der Waals surface area (Å²) in [5.74, 6) is -1.40. The summed E-state index contributed by atoms with van der Waals surface area (Å²) in [5, 5.41) is 0.591. The van der Waals surface area contributed by atoms with Gasteiger partial charge in [0, 0.05) is 26.2 Å². The number of rotatable bonds is 7. The number of hydrogen-bond acceptors (Lipinski definition) is 7. The zero-order chi connectivity index (χ0) is 31.1. The van der Waals surface area contributed by atoms with E-state index in [4.69, 9.17) is 14.5 Å². The smallest absolute Gasteiger partial charge is 0.339 e. The fourth-order valence-corrected chi connectivity index (χ4v) is 7.13. The Bertz CT molecular complexity index is 1750. The summed E-state index contributed by atoms with van der Waals surface area (Å²) in [7, 11) is 1.54. The Labute approximate surface area is 271 Å². The highest BCUT2D eigenvalue weighted by molar-refractivity contribution is 9.12. The van der Waals surface area contributed by atoms with Crippen molar-refractivity contribution in [1.82, 2.24) is 4.98 Å². The van der Waals surface area contributed by atoms with Crippen molar-refractivity contribution in [3.05, 3.63) is 90.0 Å². The molecule has 3 aromatic carbocycles. The zero-order valence-electron chi connectivity index (χ0n) is 23.9. The minimum atomic E-state index is -1.02. The van der Waals surface area contributed by atoms with E-state index in [1.54, 1.807) is 86.8 Å². The van der Waals surface area contributed by atoms with Crippen molar-refractivity contribution in [2.75, 3.05) is 12.0 Å². The number of carbonyl (C=O) groups excluding carboxylic acids is 4. The Morgan fingerprint density at radius 2 is 1.50 bits per heavy atom.